The second kappa shape index (κ2) is 21.5. The Balaban J connectivity index is -0.000000154. The fraction of sp³-hybridized carbons (Fsp3) is 0.625. The first kappa shape index (κ1) is 30.4. The van der Waals surface area contributed by atoms with Crippen molar-refractivity contribution in [3.63, 3.8) is 0 Å². The van der Waals surface area contributed by atoms with Crippen LogP contribution in [0.15, 0.2) is 24.3 Å². The normalized spacial score (nSPS) is 12.5. The Morgan fingerprint density at radius 1 is 0.792 bits per heavy atom. The van der Waals surface area contributed by atoms with Crippen LogP contribution in [0.25, 0.3) is 0 Å². The van der Waals surface area contributed by atoms with Gasteiger partial charge in [-0.1, -0.05) is 51.7 Å². The first-order valence-corrected chi connectivity index (χ1v) is 7.51. The summed E-state index contributed by atoms with van der Waals surface area (Å²) in [6.07, 6.45) is 9.20. The molecule has 0 aromatic carbocycles. The molecule has 0 saturated carbocycles. The SMILES string of the molecule is CCCCC=CC(O)C(=O)O.CCCCC=CC(O)C(=O)O.[B].[B]. The van der Waals surface area contributed by atoms with E-state index >= 15 is 0 Å². The van der Waals surface area contributed by atoms with E-state index in [1.165, 1.54) is 12.2 Å². The highest BCUT2D eigenvalue weighted by molar-refractivity contribution is 5.76. The Kier molecular flexibility index (Phi) is 27.2. The van der Waals surface area contributed by atoms with Gasteiger partial charge in [0.15, 0.2) is 12.2 Å². The summed E-state index contributed by atoms with van der Waals surface area (Å²) < 4.78 is 0. The standard InChI is InChI=1S/2C8H14O3.2B/c2*1-2-3-4-5-6-7(9)8(10)11;;/h2*5-7,9H,2-4H2,1H3,(H,10,11);;. The summed E-state index contributed by atoms with van der Waals surface area (Å²) in [5, 5.41) is 34.0. The van der Waals surface area contributed by atoms with Gasteiger partial charge in [0, 0.05) is 16.8 Å². The zero-order valence-electron chi connectivity index (χ0n) is 14.5. The molecule has 0 aliphatic rings. The number of rotatable bonds is 10. The first-order valence-electron chi connectivity index (χ1n) is 7.51. The molecule has 2 unspecified atom stereocenters. The number of aliphatic hydroxyl groups is 2. The van der Waals surface area contributed by atoms with Gasteiger partial charge in [-0.15, -0.1) is 0 Å². The molecule has 0 aliphatic heterocycles. The maximum atomic E-state index is 10.1. The van der Waals surface area contributed by atoms with Crippen LogP contribution < -0.4 is 0 Å². The van der Waals surface area contributed by atoms with Gasteiger partial charge in [0.05, 0.1) is 0 Å². The van der Waals surface area contributed by atoms with Crippen molar-refractivity contribution in [3.05, 3.63) is 24.3 Å². The number of carboxylic acids is 2. The number of hydrogen-bond donors (Lipinski definition) is 4. The van der Waals surface area contributed by atoms with Crippen LogP contribution in [0.2, 0.25) is 0 Å². The van der Waals surface area contributed by atoms with Crippen molar-refractivity contribution in [1.29, 1.82) is 0 Å². The molecule has 0 aromatic rings. The lowest BCUT2D eigenvalue weighted by molar-refractivity contribution is -0.144. The van der Waals surface area contributed by atoms with Gasteiger partial charge in [0.2, 0.25) is 0 Å². The van der Waals surface area contributed by atoms with Crippen LogP contribution >= 0.6 is 0 Å². The minimum absolute atomic E-state index is 0. The van der Waals surface area contributed by atoms with E-state index in [4.69, 9.17) is 20.4 Å². The van der Waals surface area contributed by atoms with Crippen LogP contribution in [0.4, 0.5) is 0 Å². The summed E-state index contributed by atoms with van der Waals surface area (Å²) in [4.78, 5) is 20.1. The molecule has 4 N–H and O–H groups in total. The molecule has 0 bridgehead atoms. The topological polar surface area (TPSA) is 115 Å². The number of allylic oxidation sites excluding steroid dienone is 2. The molecule has 6 radical (unpaired) electrons. The fourth-order valence-corrected chi connectivity index (χ4v) is 1.26. The lowest BCUT2D eigenvalue weighted by Gasteiger charge is -1.95. The first-order chi connectivity index (χ1) is 10.4. The number of hydrogen-bond acceptors (Lipinski definition) is 4. The lowest BCUT2D eigenvalue weighted by Crippen LogP contribution is -2.15. The van der Waals surface area contributed by atoms with E-state index in [0.717, 1.165) is 38.5 Å². The third-order valence-electron chi connectivity index (χ3n) is 2.59. The maximum absolute atomic E-state index is 10.1. The van der Waals surface area contributed by atoms with Crippen molar-refractivity contribution in [2.24, 2.45) is 0 Å². The van der Waals surface area contributed by atoms with Gasteiger partial charge < -0.3 is 20.4 Å². The molecule has 0 aromatic heterocycles. The molecule has 24 heavy (non-hydrogen) atoms. The van der Waals surface area contributed by atoms with Gasteiger partial charge >= 0.3 is 11.9 Å². The summed E-state index contributed by atoms with van der Waals surface area (Å²) in [5.74, 6) is -2.39. The van der Waals surface area contributed by atoms with Crippen LogP contribution in [0, 0.1) is 0 Å². The summed E-state index contributed by atoms with van der Waals surface area (Å²) in [6, 6.07) is 0. The van der Waals surface area contributed by atoms with E-state index in [2.05, 4.69) is 13.8 Å². The predicted octanol–water partition coefficient (Wildman–Crippen LogP) is 1.59. The molecular formula is C16H28B2O6. The van der Waals surface area contributed by atoms with Crippen molar-refractivity contribution in [3.8, 4) is 0 Å². The smallest absolute Gasteiger partial charge is 0.336 e. The third kappa shape index (κ3) is 22.7. The molecule has 0 spiro atoms. The predicted molar refractivity (Wildman–Crippen MR) is 96.1 cm³/mol. The van der Waals surface area contributed by atoms with E-state index in [1.807, 2.05) is 0 Å². The Morgan fingerprint density at radius 2 is 1.08 bits per heavy atom. The Hall–Kier alpha value is -1.53. The van der Waals surface area contributed by atoms with Crippen LogP contribution in [0.1, 0.15) is 52.4 Å². The zero-order valence-corrected chi connectivity index (χ0v) is 14.5. The average molecular weight is 338 g/mol. The van der Waals surface area contributed by atoms with E-state index in [1.54, 1.807) is 12.2 Å². The molecule has 2 atom stereocenters. The minimum atomic E-state index is -1.34. The Bertz CT molecular complexity index is 324. The highest BCUT2D eigenvalue weighted by atomic mass is 16.4. The summed E-state index contributed by atoms with van der Waals surface area (Å²) in [7, 11) is 0. The molecule has 0 amide bonds. The highest BCUT2D eigenvalue weighted by Gasteiger charge is 2.06. The summed E-state index contributed by atoms with van der Waals surface area (Å²) >= 11 is 0. The molecule has 134 valence electrons. The molecule has 0 rings (SSSR count). The van der Waals surface area contributed by atoms with E-state index in [-0.39, 0.29) is 16.8 Å². The molecule has 8 heteroatoms. The van der Waals surface area contributed by atoms with Crippen molar-refractivity contribution >= 4 is 28.8 Å². The van der Waals surface area contributed by atoms with Crippen LogP contribution in [0.3, 0.4) is 0 Å². The van der Waals surface area contributed by atoms with Gasteiger partial charge in [0.1, 0.15) is 0 Å². The van der Waals surface area contributed by atoms with E-state index < -0.39 is 24.1 Å². The number of carboxylic acid groups (broad SMARTS) is 2. The van der Waals surface area contributed by atoms with Crippen LogP contribution in [-0.2, 0) is 9.59 Å². The van der Waals surface area contributed by atoms with Gasteiger partial charge in [-0.3, -0.25) is 0 Å². The van der Waals surface area contributed by atoms with Gasteiger partial charge in [-0.25, -0.2) is 9.59 Å². The minimum Gasteiger partial charge on any atom is -0.479 e. The molecule has 0 fully saturated rings. The molecule has 0 heterocycles. The quantitative estimate of drug-likeness (QED) is 0.273. The maximum Gasteiger partial charge on any atom is 0.336 e. The second-order valence-electron chi connectivity index (χ2n) is 4.71. The molecular weight excluding hydrogens is 310 g/mol. The zero-order chi connectivity index (χ0) is 17.4. The molecule has 0 saturated heterocycles. The number of aliphatic hydroxyl groups excluding tert-OH is 2. The largest absolute Gasteiger partial charge is 0.479 e. The fourth-order valence-electron chi connectivity index (χ4n) is 1.26. The number of aliphatic carboxylic acids is 2. The molecule has 0 aliphatic carbocycles. The Morgan fingerprint density at radius 3 is 1.29 bits per heavy atom. The van der Waals surface area contributed by atoms with Crippen molar-refractivity contribution in [2.45, 2.75) is 64.6 Å². The van der Waals surface area contributed by atoms with Gasteiger partial charge in [0.25, 0.3) is 0 Å². The van der Waals surface area contributed by atoms with Crippen molar-refractivity contribution in [2.75, 3.05) is 0 Å². The summed E-state index contributed by atoms with van der Waals surface area (Å²) in [6.45, 7) is 4.11. The average Bonchev–Trinajstić information content (AvgIpc) is 2.48. The summed E-state index contributed by atoms with van der Waals surface area (Å²) in [5.41, 5.74) is 0. The van der Waals surface area contributed by atoms with Gasteiger partial charge in [-0.2, -0.15) is 0 Å². The monoisotopic (exact) mass is 338 g/mol. The highest BCUT2D eigenvalue weighted by Crippen LogP contribution is 1.97. The van der Waals surface area contributed by atoms with Crippen molar-refractivity contribution in [1.82, 2.24) is 0 Å². The molecule has 6 nitrogen and oxygen atoms in total. The number of unbranched alkanes of at least 4 members (excludes halogenated alkanes) is 4. The lowest BCUT2D eigenvalue weighted by atomic mass is 10.2. The Labute approximate surface area is 148 Å². The third-order valence-corrected chi connectivity index (χ3v) is 2.59. The van der Waals surface area contributed by atoms with E-state index in [0.29, 0.717) is 0 Å². The van der Waals surface area contributed by atoms with E-state index in [9.17, 15) is 9.59 Å². The van der Waals surface area contributed by atoms with Crippen molar-refractivity contribution < 1.29 is 30.0 Å². The second-order valence-corrected chi connectivity index (χ2v) is 4.71. The van der Waals surface area contributed by atoms with Gasteiger partial charge in [-0.05, 0) is 25.0 Å². The van der Waals surface area contributed by atoms with Crippen LogP contribution in [-0.4, -0.2) is 61.4 Å². The number of carbonyl (C=O) groups is 2. The van der Waals surface area contributed by atoms with Crippen LogP contribution in [0.5, 0.6) is 0 Å².